The molecule has 0 N–H and O–H groups in total. The standard InChI is InChI=1S/C13H28O6S2/c1-7-10(4)20(14,15)18-12(6)13(9-3)19-21(16,17)11(5)8-2/h10-13H,7-9H2,1-6H3. The Hall–Kier alpha value is -0.180. The fourth-order valence-electron chi connectivity index (χ4n) is 1.52. The van der Waals surface area contributed by atoms with Crippen LogP contribution >= 0.6 is 0 Å². The highest BCUT2D eigenvalue weighted by Gasteiger charge is 2.32. The molecule has 0 aromatic carbocycles. The molecule has 4 atom stereocenters. The van der Waals surface area contributed by atoms with E-state index in [1.807, 2.05) is 0 Å². The van der Waals surface area contributed by atoms with Crippen LogP contribution in [0.25, 0.3) is 0 Å². The summed E-state index contributed by atoms with van der Waals surface area (Å²) in [5.74, 6) is 0. The van der Waals surface area contributed by atoms with Gasteiger partial charge in [0.1, 0.15) is 12.2 Å². The first-order valence-corrected chi connectivity index (χ1v) is 10.3. The van der Waals surface area contributed by atoms with Crippen LogP contribution in [0.1, 0.15) is 60.8 Å². The molecule has 0 bridgehead atoms. The molecule has 0 rings (SSSR count). The van der Waals surface area contributed by atoms with Crippen LogP contribution in [0, 0.1) is 0 Å². The van der Waals surface area contributed by atoms with E-state index in [1.165, 1.54) is 6.92 Å². The van der Waals surface area contributed by atoms with Crippen LogP contribution in [0.5, 0.6) is 0 Å². The van der Waals surface area contributed by atoms with Crippen molar-refractivity contribution in [1.29, 1.82) is 0 Å². The molecule has 0 radical (unpaired) electrons. The second-order valence-corrected chi connectivity index (χ2v) is 9.23. The molecule has 21 heavy (non-hydrogen) atoms. The lowest BCUT2D eigenvalue weighted by Crippen LogP contribution is -2.36. The fourth-order valence-corrected chi connectivity index (χ4v) is 3.90. The van der Waals surface area contributed by atoms with Crippen molar-refractivity contribution >= 4 is 20.2 Å². The minimum absolute atomic E-state index is 0.340. The average Bonchev–Trinajstić information content (AvgIpc) is 2.41. The van der Waals surface area contributed by atoms with Crippen LogP contribution in [0.3, 0.4) is 0 Å². The van der Waals surface area contributed by atoms with Crippen molar-refractivity contribution in [3.8, 4) is 0 Å². The van der Waals surface area contributed by atoms with E-state index in [2.05, 4.69) is 0 Å². The Morgan fingerprint density at radius 3 is 1.43 bits per heavy atom. The van der Waals surface area contributed by atoms with Crippen molar-refractivity contribution in [2.45, 2.75) is 83.5 Å². The summed E-state index contributed by atoms with van der Waals surface area (Å²) in [5.41, 5.74) is 0. The zero-order valence-electron chi connectivity index (χ0n) is 13.7. The van der Waals surface area contributed by atoms with Crippen molar-refractivity contribution < 1.29 is 25.2 Å². The van der Waals surface area contributed by atoms with E-state index < -0.39 is 42.9 Å². The van der Waals surface area contributed by atoms with Crippen LogP contribution in [0.2, 0.25) is 0 Å². The molecule has 0 saturated carbocycles. The van der Waals surface area contributed by atoms with Gasteiger partial charge in [0.15, 0.2) is 0 Å². The van der Waals surface area contributed by atoms with Crippen molar-refractivity contribution in [1.82, 2.24) is 0 Å². The Morgan fingerprint density at radius 1 is 0.714 bits per heavy atom. The SMILES string of the molecule is CCC(OS(=O)(=O)C(C)CC)C(C)OS(=O)(=O)C(C)CC. The number of hydrogen-bond donors (Lipinski definition) is 0. The maximum Gasteiger partial charge on any atom is 0.270 e. The molecule has 6 nitrogen and oxygen atoms in total. The van der Waals surface area contributed by atoms with Gasteiger partial charge in [-0.15, -0.1) is 0 Å². The lowest BCUT2D eigenvalue weighted by molar-refractivity contribution is 0.0701. The van der Waals surface area contributed by atoms with Gasteiger partial charge < -0.3 is 0 Å². The summed E-state index contributed by atoms with van der Waals surface area (Å²) in [6.07, 6.45) is -0.472. The molecule has 0 fully saturated rings. The molecule has 0 heterocycles. The summed E-state index contributed by atoms with van der Waals surface area (Å²) in [5, 5.41) is -1.27. The molecule has 4 unspecified atom stereocenters. The van der Waals surface area contributed by atoms with E-state index in [0.717, 1.165) is 0 Å². The second-order valence-electron chi connectivity index (χ2n) is 5.27. The first kappa shape index (κ1) is 20.8. The largest absolute Gasteiger partial charge is 0.270 e. The van der Waals surface area contributed by atoms with Crippen LogP contribution in [-0.2, 0) is 28.6 Å². The lowest BCUT2D eigenvalue weighted by atomic mass is 10.2. The van der Waals surface area contributed by atoms with E-state index in [4.69, 9.17) is 8.37 Å². The highest BCUT2D eigenvalue weighted by Crippen LogP contribution is 2.19. The zero-order chi connectivity index (χ0) is 16.8. The highest BCUT2D eigenvalue weighted by atomic mass is 32.2. The van der Waals surface area contributed by atoms with Gasteiger partial charge >= 0.3 is 0 Å². The summed E-state index contributed by atoms with van der Waals surface area (Å²) in [4.78, 5) is 0. The van der Waals surface area contributed by atoms with Crippen molar-refractivity contribution in [3.63, 3.8) is 0 Å². The molecule has 0 amide bonds. The van der Waals surface area contributed by atoms with Gasteiger partial charge in [0, 0.05) is 0 Å². The molecule has 0 aromatic heterocycles. The van der Waals surface area contributed by atoms with Gasteiger partial charge in [0.25, 0.3) is 20.2 Å². The summed E-state index contributed by atoms with van der Waals surface area (Å²) in [7, 11) is -7.44. The van der Waals surface area contributed by atoms with E-state index in [1.54, 1.807) is 34.6 Å². The second kappa shape index (κ2) is 8.45. The first-order chi connectivity index (χ1) is 9.51. The fraction of sp³-hybridized carbons (Fsp3) is 1.00. The summed E-state index contributed by atoms with van der Waals surface area (Å²) < 4.78 is 58.0. The molecule has 0 aliphatic heterocycles. The van der Waals surface area contributed by atoms with Crippen LogP contribution in [0.15, 0.2) is 0 Å². The van der Waals surface area contributed by atoms with Crippen LogP contribution in [0.4, 0.5) is 0 Å². The quantitative estimate of drug-likeness (QED) is 0.566. The Balaban J connectivity index is 4.98. The van der Waals surface area contributed by atoms with Gasteiger partial charge in [-0.05, 0) is 40.0 Å². The third-order valence-corrected chi connectivity index (χ3v) is 7.33. The molecular weight excluding hydrogens is 316 g/mol. The molecular formula is C13H28O6S2. The molecule has 0 aliphatic rings. The van der Waals surface area contributed by atoms with Gasteiger partial charge in [-0.1, -0.05) is 20.8 Å². The molecule has 0 saturated heterocycles. The van der Waals surface area contributed by atoms with Crippen molar-refractivity contribution in [3.05, 3.63) is 0 Å². The summed E-state index contributed by atoms with van der Waals surface area (Å²) in [6, 6.07) is 0. The van der Waals surface area contributed by atoms with E-state index >= 15 is 0 Å². The van der Waals surface area contributed by atoms with Gasteiger partial charge in [0.2, 0.25) is 0 Å². The van der Waals surface area contributed by atoms with Gasteiger partial charge in [0.05, 0.1) is 10.5 Å². The Labute approximate surface area is 129 Å². The van der Waals surface area contributed by atoms with E-state index in [9.17, 15) is 16.8 Å². The molecule has 0 aromatic rings. The Morgan fingerprint density at radius 2 is 1.10 bits per heavy atom. The minimum Gasteiger partial charge on any atom is -0.264 e. The monoisotopic (exact) mass is 344 g/mol. The minimum atomic E-state index is -3.72. The third-order valence-electron chi connectivity index (χ3n) is 3.60. The van der Waals surface area contributed by atoms with Crippen LogP contribution in [-0.4, -0.2) is 39.5 Å². The molecule has 8 heteroatoms. The molecule has 0 spiro atoms. The van der Waals surface area contributed by atoms with Gasteiger partial charge in [-0.3, -0.25) is 8.37 Å². The predicted octanol–water partition coefficient (Wildman–Crippen LogP) is 2.44. The van der Waals surface area contributed by atoms with E-state index in [0.29, 0.717) is 19.3 Å². The van der Waals surface area contributed by atoms with E-state index in [-0.39, 0.29) is 0 Å². The zero-order valence-corrected chi connectivity index (χ0v) is 15.3. The van der Waals surface area contributed by atoms with Gasteiger partial charge in [-0.2, -0.15) is 16.8 Å². The Kier molecular flexibility index (Phi) is 8.38. The maximum absolute atomic E-state index is 12.0. The first-order valence-electron chi connectivity index (χ1n) is 7.35. The molecule has 0 aliphatic carbocycles. The summed E-state index contributed by atoms with van der Waals surface area (Å²) in [6.45, 7) is 9.85. The van der Waals surface area contributed by atoms with Gasteiger partial charge in [-0.25, -0.2) is 0 Å². The highest BCUT2D eigenvalue weighted by molar-refractivity contribution is 7.87. The Bertz CT molecular complexity index is 497. The van der Waals surface area contributed by atoms with Crippen LogP contribution < -0.4 is 0 Å². The number of rotatable bonds is 10. The van der Waals surface area contributed by atoms with Crippen molar-refractivity contribution in [2.24, 2.45) is 0 Å². The molecule has 128 valence electrons. The average molecular weight is 344 g/mol. The topological polar surface area (TPSA) is 86.7 Å². The summed E-state index contributed by atoms with van der Waals surface area (Å²) >= 11 is 0. The maximum atomic E-state index is 12.0. The predicted molar refractivity (Wildman–Crippen MR) is 83.1 cm³/mol. The third kappa shape index (κ3) is 6.22. The normalized spacial score (nSPS) is 19.0. The number of hydrogen-bond acceptors (Lipinski definition) is 6. The smallest absolute Gasteiger partial charge is 0.264 e. The lowest BCUT2D eigenvalue weighted by Gasteiger charge is -2.25. The van der Waals surface area contributed by atoms with Crippen molar-refractivity contribution in [2.75, 3.05) is 0 Å².